The topological polar surface area (TPSA) is 69.6 Å². The first kappa shape index (κ1) is 14.6. The van der Waals surface area contributed by atoms with Crippen molar-refractivity contribution in [1.82, 2.24) is 9.97 Å². The van der Waals surface area contributed by atoms with Gasteiger partial charge in [-0.15, -0.1) is 0 Å². The fourth-order valence-electron chi connectivity index (χ4n) is 2.50. The second kappa shape index (κ2) is 6.19. The number of rotatable bonds is 3. The molecule has 2 aromatic rings. The maximum absolute atomic E-state index is 10.9. The highest BCUT2D eigenvalue weighted by atomic mass is 35.5. The van der Waals surface area contributed by atoms with Gasteiger partial charge in [-0.2, -0.15) is 0 Å². The first-order chi connectivity index (χ1) is 10.6. The Labute approximate surface area is 133 Å². The number of aromatic nitrogens is 2. The molecular weight excluding hydrogens is 304 g/mol. The van der Waals surface area contributed by atoms with Crippen molar-refractivity contribution in [1.29, 1.82) is 0 Å². The highest BCUT2D eigenvalue weighted by molar-refractivity contribution is 6.33. The van der Waals surface area contributed by atoms with Crippen LogP contribution in [0.4, 0.5) is 11.6 Å². The molecule has 0 bridgehead atoms. The molecule has 6 nitrogen and oxygen atoms in total. The van der Waals surface area contributed by atoms with Crippen molar-refractivity contribution in [2.45, 2.75) is 0 Å². The maximum Gasteiger partial charge on any atom is 0.335 e. The Kier molecular flexibility index (Phi) is 4.11. The van der Waals surface area contributed by atoms with Crippen LogP contribution in [0, 0.1) is 0 Å². The van der Waals surface area contributed by atoms with E-state index in [1.165, 1.54) is 6.07 Å². The smallest absolute Gasteiger partial charge is 0.335 e. The molecule has 2 heterocycles. The van der Waals surface area contributed by atoms with Crippen LogP contribution in [0.15, 0.2) is 36.7 Å². The minimum Gasteiger partial charge on any atom is -0.478 e. The highest BCUT2D eigenvalue weighted by Gasteiger charge is 2.21. The molecule has 0 unspecified atom stereocenters. The number of hydrogen-bond donors (Lipinski definition) is 1. The van der Waals surface area contributed by atoms with Crippen molar-refractivity contribution in [2.75, 3.05) is 36.0 Å². The lowest BCUT2D eigenvalue weighted by atomic mass is 10.2. The number of carboxylic acid groups (broad SMARTS) is 1. The highest BCUT2D eigenvalue weighted by Crippen LogP contribution is 2.28. The molecule has 1 fully saturated rings. The van der Waals surface area contributed by atoms with E-state index >= 15 is 0 Å². The van der Waals surface area contributed by atoms with Gasteiger partial charge in [-0.1, -0.05) is 11.6 Å². The van der Waals surface area contributed by atoms with Crippen LogP contribution >= 0.6 is 11.6 Å². The number of hydrogen-bond acceptors (Lipinski definition) is 5. The second-order valence-electron chi connectivity index (χ2n) is 4.99. The fourth-order valence-corrected chi connectivity index (χ4v) is 2.80. The summed E-state index contributed by atoms with van der Waals surface area (Å²) in [5.74, 6) is -0.242. The van der Waals surface area contributed by atoms with E-state index in [1.54, 1.807) is 30.6 Å². The van der Waals surface area contributed by atoms with E-state index in [-0.39, 0.29) is 5.56 Å². The van der Waals surface area contributed by atoms with Crippen LogP contribution in [0.5, 0.6) is 0 Å². The quantitative estimate of drug-likeness (QED) is 0.935. The first-order valence-corrected chi connectivity index (χ1v) is 7.33. The number of nitrogens with zero attached hydrogens (tertiary/aromatic N) is 4. The zero-order valence-corrected chi connectivity index (χ0v) is 12.6. The van der Waals surface area contributed by atoms with E-state index in [1.807, 2.05) is 0 Å². The van der Waals surface area contributed by atoms with E-state index in [4.69, 9.17) is 16.7 Å². The van der Waals surface area contributed by atoms with E-state index < -0.39 is 5.97 Å². The predicted octanol–water partition coefficient (Wildman–Crippen LogP) is 2.15. The molecule has 22 heavy (non-hydrogen) atoms. The van der Waals surface area contributed by atoms with Crippen molar-refractivity contribution < 1.29 is 9.90 Å². The van der Waals surface area contributed by atoms with Crippen molar-refractivity contribution in [3.8, 4) is 0 Å². The van der Waals surface area contributed by atoms with Crippen LogP contribution in [0.25, 0.3) is 0 Å². The Bertz CT molecular complexity index is 672. The Morgan fingerprint density at radius 3 is 2.32 bits per heavy atom. The van der Waals surface area contributed by atoms with Crippen molar-refractivity contribution in [2.24, 2.45) is 0 Å². The Morgan fingerprint density at radius 1 is 1.09 bits per heavy atom. The van der Waals surface area contributed by atoms with Gasteiger partial charge in [0.25, 0.3) is 0 Å². The van der Waals surface area contributed by atoms with Crippen LogP contribution in [0.1, 0.15) is 10.4 Å². The molecule has 114 valence electrons. The molecule has 0 spiro atoms. The summed E-state index contributed by atoms with van der Waals surface area (Å²) in [6, 6.07) is 6.63. The van der Waals surface area contributed by atoms with E-state index in [0.29, 0.717) is 5.02 Å². The molecule has 0 saturated carbocycles. The second-order valence-corrected chi connectivity index (χ2v) is 5.40. The Balaban J connectivity index is 1.70. The molecule has 0 aliphatic carbocycles. The number of piperazine rings is 1. The van der Waals surface area contributed by atoms with Crippen LogP contribution in [-0.4, -0.2) is 47.2 Å². The van der Waals surface area contributed by atoms with Gasteiger partial charge in [0.1, 0.15) is 0 Å². The van der Waals surface area contributed by atoms with Gasteiger partial charge in [-0.05, 0) is 24.3 Å². The van der Waals surface area contributed by atoms with Gasteiger partial charge in [0.05, 0.1) is 16.3 Å². The Hall–Kier alpha value is -2.34. The SMILES string of the molecule is O=C(O)c1ccc(N2CCN(c3ncccn3)CC2)c(Cl)c1. The van der Waals surface area contributed by atoms with Gasteiger partial charge in [-0.3, -0.25) is 0 Å². The van der Waals surface area contributed by atoms with Gasteiger partial charge >= 0.3 is 5.97 Å². The summed E-state index contributed by atoms with van der Waals surface area (Å²) in [6.07, 6.45) is 3.46. The molecule has 1 N–H and O–H groups in total. The third-order valence-corrected chi connectivity index (χ3v) is 3.95. The zero-order valence-electron chi connectivity index (χ0n) is 11.8. The van der Waals surface area contributed by atoms with Crippen LogP contribution in [0.2, 0.25) is 5.02 Å². The lowest BCUT2D eigenvalue weighted by Crippen LogP contribution is -2.47. The molecule has 1 saturated heterocycles. The Morgan fingerprint density at radius 2 is 1.73 bits per heavy atom. The van der Waals surface area contributed by atoms with Crippen LogP contribution in [-0.2, 0) is 0 Å². The molecule has 1 aliphatic heterocycles. The molecule has 3 rings (SSSR count). The summed E-state index contributed by atoms with van der Waals surface area (Å²) >= 11 is 6.22. The standard InChI is InChI=1S/C15H15ClN4O2/c16-12-10-11(14(21)22)2-3-13(12)19-6-8-20(9-7-19)15-17-4-1-5-18-15/h1-5,10H,6-9H2,(H,21,22). The molecule has 7 heteroatoms. The molecule has 0 atom stereocenters. The normalized spacial score (nSPS) is 15.0. The average Bonchev–Trinajstić information content (AvgIpc) is 2.56. The van der Waals surface area contributed by atoms with Gasteiger partial charge in [0.2, 0.25) is 5.95 Å². The van der Waals surface area contributed by atoms with Gasteiger partial charge < -0.3 is 14.9 Å². The molecular formula is C15H15ClN4O2. The molecule has 1 aliphatic rings. The number of anilines is 2. The molecule has 0 amide bonds. The minimum atomic E-state index is -0.973. The summed E-state index contributed by atoms with van der Waals surface area (Å²) in [6.45, 7) is 3.15. The predicted molar refractivity (Wildman–Crippen MR) is 84.9 cm³/mol. The van der Waals surface area contributed by atoms with Crippen molar-refractivity contribution in [3.05, 3.63) is 47.2 Å². The average molecular weight is 319 g/mol. The third-order valence-electron chi connectivity index (χ3n) is 3.65. The molecule has 1 aromatic carbocycles. The largest absolute Gasteiger partial charge is 0.478 e. The minimum absolute atomic E-state index is 0.199. The third kappa shape index (κ3) is 2.96. The van der Waals surface area contributed by atoms with E-state index in [0.717, 1.165) is 37.8 Å². The number of aromatic carboxylic acids is 1. The monoisotopic (exact) mass is 318 g/mol. The van der Waals surface area contributed by atoms with Gasteiger partial charge in [0, 0.05) is 38.6 Å². The van der Waals surface area contributed by atoms with Crippen molar-refractivity contribution >= 4 is 29.2 Å². The number of carbonyl (C=O) groups is 1. The van der Waals surface area contributed by atoms with Crippen molar-refractivity contribution in [3.63, 3.8) is 0 Å². The summed E-state index contributed by atoms with van der Waals surface area (Å²) in [5.41, 5.74) is 1.06. The molecule has 0 radical (unpaired) electrons. The number of benzene rings is 1. The lowest BCUT2D eigenvalue weighted by Gasteiger charge is -2.36. The van der Waals surface area contributed by atoms with Gasteiger partial charge in [-0.25, -0.2) is 14.8 Å². The molecule has 1 aromatic heterocycles. The zero-order chi connectivity index (χ0) is 15.5. The maximum atomic E-state index is 10.9. The van der Waals surface area contributed by atoms with Crippen LogP contribution < -0.4 is 9.80 Å². The number of halogens is 1. The van der Waals surface area contributed by atoms with E-state index in [9.17, 15) is 4.79 Å². The summed E-state index contributed by atoms with van der Waals surface area (Å²) in [5, 5.41) is 9.44. The summed E-state index contributed by atoms with van der Waals surface area (Å²) in [7, 11) is 0. The first-order valence-electron chi connectivity index (χ1n) is 6.95. The summed E-state index contributed by atoms with van der Waals surface area (Å²) in [4.78, 5) is 23.7. The van der Waals surface area contributed by atoms with Gasteiger partial charge in [0.15, 0.2) is 0 Å². The fraction of sp³-hybridized carbons (Fsp3) is 0.267. The lowest BCUT2D eigenvalue weighted by molar-refractivity contribution is 0.0697. The summed E-state index contributed by atoms with van der Waals surface area (Å²) < 4.78 is 0. The van der Waals surface area contributed by atoms with Crippen LogP contribution in [0.3, 0.4) is 0 Å². The van der Waals surface area contributed by atoms with E-state index in [2.05, 4.69) is 19.8 Å². The number of carboxylic acids is 1.